The molecule has 0 saturated heterocycles. The molecule has 1 amide bonds. The number of ether oxygens (including phenoxy) is 1. The molecule has 0 aliphatic carbocycles. The highest BCUT2D eigenvalue weighted by molar-refractivity contribution is 9.10. The minimum atomic E-state index is -0.456. The lowest BCUT2D eigenvalue weighted by atomic mass is 10.2. The fraction of sp³-hybridized carbons (Fsp3) is 0.222. The number of carbonyl (C=O) groups is 1. The molecule has 0 aromatic heterocycles. The van der Waals surface area contributed by atoms with Crippen molar-refractivity contribution >= 4 is 44.9 Å². The van der Waals surface area contributed by atoms with Gasteiger partial charge >= 0.3 is 0 Å². The highest BCUT2D eigenvalue weighted by Gasteiger charge is 2.16. The Kier molecular flexibility index (Phi) is 6.90. The highest BCUT2D eigenvalue weighted by atomic mass is 79.9. The van der Waals surface area contributed by atoms with E-state index in [-0.39, 0.29) is 10.8 Å². The Labute approximate surface area is 159 Å². The summed E-state index contributed by atoms with van der Waals surface area (Å²) in [6.45, 7) is 4.53. The van der Waals surface area contributed by atoms with Gasteiger partial charge in [-0.15, -0.1) is 0 Å². The molecule has 0 atom stereocenters. The fourth-order valence-corrected chi connectivity index (χ4v) is 2.51. The molecule has 0 aliphatic heterocycles. The lowest BCUT2D eigenvalue weighted by Crippen LogP contribution is -2.34. The molecule has 132 valence electrons. The van der Waals surface area contributed by atoms with Crippen molar-refractivity contribution in [2.75, 3.05) is 11.9 Å². The lowest BCUT2D eigenvalue weighted by molar-refractivity contribution is 0.0973. The van der Waals surface area contributed by atoms with Crippen LogP contribution in [0.25, 0.3) is 0 Å². The smallest absolute Gasteiger partial charge is 0.261 e. The molecule has 0 heterocycles. The van der Waals surface area contributed by atoms with Crippen LogP contribution in [0.1, 0.15) is 24.2 Å². The summed E-state index contributed by atoms with van der Waals surface area (Å²) >= 11 is 8.43. The molecule has 0 saturated carbocycles. The molecule has 4 nitrogen and oxygen atoms in total. The van der Waals surface area contributed by atoms with E-state index in [9.17, 15) is 9.18 Å². The maximum atomic E-state index is 13.6. The van der Waals surface area contributed by atoms with Crippen LogP contribution in [0.5, 0.6) is 5.75 Å². The van der Waals surface area contributed by atoms with Gasteiger partial charge in [0.15, 0.2) is 5.11 Å². The quantitative estimate of drug-likeness (QED) is 0.679. The van der Waals surface area contributed by atoms with Gasteiger partial charge in [0.25, 0.3) is 5.91 Å². The number of thiocarbonyl (C=S) groups is 1. The van der Waals surface area contributed by atoms with E-state index >= 15 is 0 Å². The molecule has 0 radical (unpaired) electrons. The Hall–Kier alpha value is -1.99. The second-order valence-electron chi connectivity index (χ2n) is 5.73. The Morgan fingerprint density at radius 3 is 2.68 bits per heavy atom. The zero-order valence-corrected chi connectivity index (χ0v) is 16.2. The summed E-state index contributed by atoms with van der Waals surface area (Å²) in [4.78, 5) is 12.5. The predicted molar refractivity (Wildman–Crippen MR) is 105 cm³/mol. The van der Waals surface area contributed by atoms with E-state index < -0.39 is 11.7 Å². The zero-order valence-electron chi connectivity index (χ0n) is 13.8. The van der Waals surface area contributed by atoms with Crippen LogP contribution in [0.4, 0.5) is 10.1 Å². The molecule has 2 N–H and O–H groups in total. The molecule has 0 fully saturated rings. The average molecular weight is 425 g/mol. The number of carbonyl (C=O) groups excluding carboxylic acids is 1. The summed E-state index contributed by atoms with van der Waals surface area (Å²) < 4.78 is 20.1. The van der Waals surface area contributed by atoms with Crippen molar-refractivity contribution in [2.24, 2.45) is 5.92 Å². The monoisotopic (exact) mass is 424 g/mol. The van der Waals surface area contributed by atoms with Gasteiger partial charge in [-0.2, -0.15) is 0 Å². The summed E-state index contributed by atoms with van der Waals surface area (Å²) in [5.41, 5.74) is 0.533. The Morgan fingerprint density at radius 1 is 1.28 bits per heavy atom. The van der Waals surface area contributed by atoms with E-state index in [1.165, 1.54) is 12.1 Å². The van der Waals surface area contributed by atoms with Crippen molar-refractivity contribution in [1.29, 1.82) is 0 Å². The maximum absolute atomic E-state index is 13.6. The summed E-state index contributed by atoms with van der Waals surface area (Å²) in [7, 11) is 0. The van der Waals surface area contributed by atoms with Crippen LogP contribution in [-0.2, 0) is 0 Å². The van der Waals surface area contributed by atoms with Crippen molar-refractivity contribution in [2.45, 2.75) is 13.8 Å². The summed E-state index contributed by atoms with van der Waals surface area (Å²) in [5.74, 6) is -0.108. The molecule has 0 aliphatic rings. The van der Waals surface area contributed by atoms with Crippen LogP contribution >= 0.6 is 28.1 Å². The van der Waals surface area contributed by atoms with Crippen LogP contribution in [0.2, 0.25) is 0 Å². The van der Waals surface area contributed by atoms with E-state index in [1.54, 1.807) is 30.3 Å². The van der Waals surface area contributed by atoms with Crippen molar-refractivity contribution in [3.8, 4) is 5.75 Å². The van der Waals surface area contributed by atoms with Gasteiger partial charge in [-0.25, -0.2) is 4.39 Å². The molecule has 7 heteroatoms. The highest BCUT2D eigenvalue weighted by Crippen LogP contribution is 2.24. The van der Waals surface area contributed by atoms with Gasteiger partial charge in [0.2, 0.25) is 0 Å². The minimum absolute atomic E-state index is 0.00452. The van der Waals surface area contributed by atoms with E-state index in [0.717, 1.165) is 4.47 Å². The van der Waals surface area contributed by atoms with Gasteiger partial charge in [0.05, 0.1) is 17.9 Å². The number of hydrogen-bond donors (Lipinski definition) is 2. The normalized spacial score (nSPS) is 10.4. The Bertz CT molecular complexity index is 783. The number of rotatable bonds is 5. The molecule has 0 unspecified atom stereocenters. The summed E-state index contributed by atoms with van der Waals surface area (Å²) in [6, 6.07) is 11.2. The van der Waals surface area contributed by atoms with E-state index in [2.05, 4.69) is 26.6 Å². The van der Waals surface area contributed by atoms with Crippen LogP contribution in [-0.4, -0.2) is 17.6 Å². The maximum Gasteiger partial charge on any atom is 0.261 e. The lowest BCUT2D eigenvalue weighted by Gasteiger charge is -2.14. The molecular weight excluding hydrogens is 407 g/mol. The third-order valence-electron chi connectivity index (χ3n) is 3.11. The third kappa shape index (κ3) is 5.79. The zero-order chi connectivity index (χ0) is 18.4. The third-order valence-corrected chi connectivity index (χ3v) is 3.80. The average Bonchev–Trinajstić information content (AvgIpc) is 2.55. The Balaban J connectivity index is 2.10. The number of benzene rings is 2. The first kappa shape index (κ1) is 19.3. The molecule has 0 bridgehead atoms. The first-order chi connectivity index (χ1) is 11.9. The van der Waals surface area contributed by atoms with Gasteiger partial charge in [0, 0.05) is 4.47 Å². The molecule has 25 heavy (non-hydrogen) atoms. The molecule has 2 rings (SSSR count). The summed E-state index contributed by atoms with van der Waals surface area (Å²) in [6.07, 6.45) is 0. The fourth-order valence-electron chi connectivity index (χ4n) is 1.95. The second kappa shape index (κ2) is 8.92. The van der Waals surface area contributed by atoms with E-state index in [0.29, 0.717) is 23.8 Å². The predicted octanol–water partition coefficient (Wildman–Crippen LogP) is 4.75. The van der Waals surface area contributed by atoms with Crippen molar-refractivity contribution < 1.29 is 13.9 Å². The topological polar surface area (TPSA) is 50.4 Å². The van der Waals surface area contributed by atoms with Crippen LogP contribution in [0.3, 0.4) is 0 Å². The molecule has 2 aromatic rings. The number of hydrogen-bond acceptors (Lipinski definition) is 3. The first-order valence-electron chi connectivity index (χ1n) is 7.66. The second-order valence-corrected chi connectivity index (χ2v) is 7.06. The Morgan fingerprint density at radius 2 is 2.00 bits per heavy atom. The first-order valence-corrected chi connectivity index (χ1v) is 8.86. The number of halogens is 2. The van der Waals surface area contributed by atoms with Gasteiger partial charge in [0.1, 0.15) is 11.6 Å². The number of para-hydroxylation sites is 1. The number of amides is 1. The van der Waals surface area contributed by atoms with E-state index in [4.69, 9.17) is 17.0 Å². The molecule has 0 spiro atoms. The van der Waals surface area contributed by atoms with Gasteiger partial charge in [-0.1, -0.05) is 41.9 Å². The standard InChI is InChI=1S/C18H18BrFN2O2S/c1-11(2)10-24-16-8-7-12(19)9-13(16)17(23)22-18(25)21-15-6-4-3-5-14(15)20/h3-9,11H,10H2,1-2H3,(H2,21,22,23,25). The van der Waals surface area contributed by atoms with Crippen LogP contribution in [0, 0.1) is 11.7 Å². The SMILES string of the molecule is CC(C)COc1ccc(Br)cc1C(=O)NC(=S)Nc1ccccc1F. The van der Waals surface area contributed by atoms with Gasteiger partial charge in [-0.3, -0.25) is 10.1 Å². The number of nitrogens with one attached hydrogen (secondary N) is 2. The van der Waals surface area contributed by atoms with Crippen molar-refractivity contribution in [3.63, 3.8) is 0 Å². The van der Waals surface area contributed by atoms with Gasteiger partial charge in [-0.05, 0) is 48.5 Å². The molecule has 2 aromatic carbocycles. The van der Waals surface area contributed by atoms with Crippen molar-refractivity contribution in [1.82, 2.24) is 5.32 Å². The number of anilines is 1. The van der Waals surface area contributed by atoms with E-state index in [1.807, 2.05) is 13.8 Å². The van der Waals surface area contributed by atoms with Gasteiger partial charge < -0.3 is 10.1 Å². The largest absolute Gasteiger partial charge is 0.492 e. The minimum Gasteiger partial charge on any atom is -0.492 e. The molecular formula is C18H18BrFN2O2S. The summed E-state index contributed by atoms with van der Waals surface area (Å²) in [5, 5.41) is 5.21. The van der Waals surface area contributed by atoms with Crippen LogP contribution < -0.4 is 15.4 Å². The van der Waals surface area contributed by atoms with Crippen LogP contribution in [0.15, 0.2) is 46.9 Å². The van der Waals surface area contributed by atoms with Crippen molar-refractivity contribution in [3.05, 3.63) is 58.3 Å².